The summed E-state index contributed by atoms with van der Waals surface area (Å²) >= 11 is 6.62. The van der Waals surface area contributed by atoms with E-state index >= 15 is 0 Å². The predicted octanol–water partition coefficient (Wildman–Crippen LogP) is 2.98. The van der Waals surface area contributed by atoms with Gasteiger partial charge in [0.2, 0.25) is 11.8 Å². The molecule has 0 unspecified atom stereocenters. The quantitative estimate of drug-likeness (QED) is 0.772. The number of piperidine rings is 1. The van der Waals surface area contributed by atoms with Crippen molar-refractivity contribution in [1.29, 1.82) is 0 Å². The zero-order chi connectivity index (χ0) is 21.6. The Morgan fingerprint density at radius 1 is 1.06 bits per heavy atom. The standard InChI is InChI=1S/C23H31ClN4O3/c24-19-13-17(27-11-1-3-20(27)30)14-25-21(19)26-10-2-8-23(15-26)9-12-28(22(23)31)16-4-6-18(29)7-5-16/h13-14,16,18,29H,1-12,15H2/t16-,18+,23-/m0/s1. The Morgan fingerprint density at radius 2 is 1.87 bits per heavy atom. The van der Waals surface area contributed by atoms with Gasteiger partial charge in [-0.15, -0.1) is 0 Å². The van der Waals surface area contributed by atoms with Crippen molar-refractivity contribution in [2.24, 2.45) is 5.41 Å². The molecule has 0 radical (unpaired) electrons. The number of hydrogen-bond acceptors (Lipinski definition) is 5. The van der Waals surface area contributed by atoms with Gasteiger partial charge in [0.15, 0.2) is 0 Å². The molecule has 7 nitrogen and oxygen atoms in total. The van der Waals surface area contributed by atoms with Crippen LogP contribution in [0.3, 0.4) is 0 Å². The number of halogens is 1. The number of rotatable bonds is 3. The highest BCUT2D eigenvalue weighted by Crippen LogP contribution is 2.44. The first-order chi connectivity index (χ1) is 15.0. The molecule has 4 fully saturated rings. The minimum Gasteiger partial charge on any atom is -0.393 e. The van der Waals surface area contributed by atoms with Crippen molar-refractivity contribution in [2.75, 3.05) is 36.0 Å². The molecular weight excluding hydrogens is 416 g/mol. The van der Waals surface area contributed by atoms with Crippen molar-refractivity contribution >= 4 is 34.9 Å². The fraction of sp³-hybridized carbons (Fsp3) is 0.696. The monoisotopic (exact) mass is 446 g/mol. The van der Waals surface area contributed by atoms with Crippen LogP contribution in [-0.2, 0) is 9.59 Å². The van der Waals surface area contributed by atoms with Crippen LogP contribution in [0.15, 0.2) is 12.3 Å². The van der Waals surface area contributed by atoms with Crippen LogP contribution >= 0.6 is 11.6 Å². The first kappa shape index (κ1) is 21.0. The summed E-state index contributed by atoms with van der Waals surface area (Å²) in [5, 5.41) is 10.4. The third kappa shape index (κ3) is 3.80. The van der Waals surface area contributed by atoms with Crippen LogP contribution in [0.25, 0.3) is 0 Å². The van der Waals surface area contributed by atoms with Gasteiger partial charge in [-0.3, -0.25) is 9.59 Å². The zero-order valence-corrected chi connectivity index (χ0v) is 18.7. The van der Waals surface area contributed by atoms with Gasteiger partial charge in [0, 0.05) is 38.6 Å². The molecule has 1 aromatic heterocycles. The third-order valence-electron chi connectivity index (χ3n) is 7.72. The molecule has 1 saturated carbocycles. The van der Waals surface area contributed by atoms with Gasteiger partial charge in [-0.2, -0.15) is 0 Å². The number of aliphatic hydroxyl groups is 1. The van der Waals surface area contributed by atoms with Crippen LogP contribution in [0, 0.1) is 5.41 Å². The Labute approximate surface area is 188 Å². The number of aliphatic hydroxyl groups excluding tert-OH is 1. The second-order valence-corrected chi connectivity index (χ2v) is 10.1. The average Bonchev–Trinajstić information content (AvgIpc) is 3.33. The Morgan fingerprint density at radius 3 is 2.58 bits per heavy atom. The number of carbonyl (C=O) groups excluding carboxylic acids is 2. The summed E-state index contributed by atoms with van der Waals surface area (Å²) in [6.07, 6.45) is 9.07. The molecule has 4 heterocycles. The van der Waals surface area contributed by atoms with Crippen molar-refractivity contribution in [1.82, 2.24) is 9.88 Å². The van der Waals surface area contributed by atoms with E-state index in [4.69, 9.17) is 11.6 Å². The summed E-state index contributed by atoms with van der Waals surface area (Å²) in [6.45, 7) is 3.00. The Bertz CT molecular complexity index is 872. The van der Waals surface area contributed by atoms with Crippen molar-refractivity contribution in [3.63, 3.8) is 0 Å². The maximum absolute atomic E-state index is 13.5. The molecule has 1 N–H and O–H groups in total. The first-order valence-corrected chi connectivity index (χ1v) is 12.0. The predicted molar refractivity (Wildman–Crippen MR) is 119 cm³/mol. The van der Waals surface area contributed by atoms with E-state index in [1.807, 2.05) is 6.07 Å². The molecule has 0 aromatic carbocycles. The molecule has 1 spiro atoms. The third-order valence-corrected chi connectivity index (χ3v) is 8.00. The van der Waals surface area contributed by atoms with Crippen molar-refractivity contribution < 1.29 is 14.7 Å². The van der Waals surface area contributed by atoms with Crippen molar-refractivity contribution in [2.45, 2.75) is 69.9 Å². The fourth-order valence-electron chi connectivity index (χ4n) is 5.98. The molecule has 4 aliphatic rings. The van der Waals surface area contributed by atoms with Crippen LogP contribution in [0.4, 0.5) is 11.5 Å². The number of aromatic nitrogens is 1. The maximum Gasteiger partial charge on any atom is 0.230 e. The Kier molecular flexibility index (Phi) is 5.59. The average molecular weight is 447 g/mol. The molecule has 168 valence electrons. The summed E-state index contributed by atoms with van der Waals surface area (Å²) in [5.74, 6) is 1.10. The molecule has 1 aromatic rings. The van der Waals surface area contributed by atoms with Crippen LogP contribution in [0.1, 0.15) is 57.8 Å². The van der Waals surface area contributed by atoms with Gasteiger partial charge in [0.1, 0.15) is 5.82 Å². The normalized spacial score (nSPS) is 31.9. The minimum absolute atomic E-state index is 0.120. The van der Waals surface area contributed by atoms with E-state index in [0.717, 1.165) is 70.1 Å². The van der Waals surface area contributed by atoms with Crippen LogP contribution < -0.4 is 9.80 Å². The zero-order valence-electron chi connectivity index (χ0n) is 17.9. The molecular formula is C23H31ClN4O3. The fourth-order valence-corrected chi connectivity index (χ4v) is 6.26. The molecule has 2 amide bonds. The number of likely N-dealkylation sites (tertiary alicyclic amines) is 1. The van der Waals surface area contributed by atoms with Crippen LogP contribution in [0.5, 0.6) is 0 Å². The molecule has 8 heteroatoms. The van der Waals surface area contributed by atoms with E-state index in [1.165, 1.54) is 0 Å². The van der Waals surface area contributed by atoms with Gasteiger partial charge in [-0.1, -0.05) is 11.6 Å². The molecule has 3 aliphatic heterocycles. The molecule has 1 atom stereocenters. The van der Waals surface area contributed by atoms with Crippen LogP contribution in [0.2, 0.25) is 5.02 Å². The number of amides is 2. The molecule has 31 heavy (non-hydrogen) atoms. The van der Waals surface area contributed by atoms with Crippen LogP contribution in [-0.4, -0.2) is 65.1 Å². The molecule has 5 rings (SSSR count). The number of anilines is 2. The van der Waals surface area contributed by atoms with E-state index in [0.29, 0.717) is 30.4 Å². The lowest BCUT2D eigenvalue weighted by Gasteiger charge is -2.41. The van der Waals surface area contributed by atoms with Crippen molar-refractivity contribution in [3.05, 3.63) is 17.3 Å². The minimum atomic E-state index is -0.358. The van der Waals surface area contributed by atoms with E-state index < -0.39 is 0 Å². The number of nitrogens with zero attached hydrogens (tertiary/aromatic N) is 4. The van der Waals surface area contributed by atoms with Gasteiger partial charge in [-0.25, -0.2) is 4.98 Å². The molecule has 1 aliphatic carbocycles. The number of hydrogen-bond donors (Lipinski definition) is 1. The van der Waals surface area contributed by atoms with E-state index in [9.17, 15) is 14.7 Å². The smallest absolute Gasteiger partial charge is 0.230 e. The molecule has 3 saturated heterocycles. The largest absolute Gasteiger partial charge is 0.393 e. The Balaban J connectivity index is 1.31. The number of pyridine rings is 1. The summed E-state index contributed by atoms with van der Waals surface area (Å²) in [7, 11) is 0. The SMILES string of the molecule is O=C1CCCN1c1cnc(N2CCC[C@]3(CCN([C@H]4CC[C@@H](O)CC4)C3=O)C2)c(Cl)c1. The van der Waals surface area contributed by atoms with Gasteiger partial charge in [0.25, 0.3) is 0 Å². The lowest BCUT2D eigenvalue weighted by molar-refractivity contribution is -0.139. The second kappa shape index (κ2) is 8.24. The van der Waals surface area contributed by atoms with Gasteiger partial charge >= 0.3 is 0 Å². The lowest BCUT2D eigenvalue weighted by atomic mass is 9.78. The van der Waals surface area contributed by atoms with Gasteiger partial charge < -0.3 is 19.8 Å². The summed E-state index contributed by atoms with van der Waals surface area (Å²) < 4.78 is 0. The van der Waals surface area contributed by atoms with Crippen molar-refractivity contribution in [3.8, 4) is 0 Å². The lowest BCUT2D eigenvalue weighted by Crippen LogP contribution is -2.50. The van der Waals surface area contributed by atoms with E-state index in [1.54, 1.807) is 11.1 Å². The number of carbonyl (C=O) groups is 2. The highest BCUT2D eigenvalue weighted by atomic mass is 35.5. The van der Waals surface area contributed by atoms with E-state index in [-0.39, 0.29) is 29.4 Å². The second-order valence-electron chi connectivity index (χ2n) is 9.66. The van der Waals surface area contributed by atoms with Gasteiger partial charge in [-0.05, 0) is 57.4 Å². The first-order valence-electron chi connectivity index (χ1n) is 11.7. The highest BCUT2D eigenvalue weighted by molar-refractivity contribution is 6.33. The molecule has 0 bridgehead atoms. The Hall–Kier alpha value is -1.86. The van der Waals surface area contributed by atoms with Gasteiger partial charge in [0.05, 0.1) is 28.4 Å². The summed E-state index contributed by atoms with van der Waals surface area (Å²) in [5.41, 5.74) is 0.397. The maximum atomic E-state index is 13.5. The van der Waals surface area contributed by atoms with E-state index in [2.05, 4.69) is 14.8 Å². The summed E-state index contributed by atoms with van der Waals surface area (Å²) in [4.78, 5) is 36.2. The topological polar surface area (TPSA) is 77.0 Å². The summed E-state index contributed by atoms with van der Waals surface area (Å²) in [6, 6.07) is 2.11. The highest BCUT2D eigenvalue weighted by Gasteiger charge is 2.51.